The van der Waals surface area contributed by atoms with Crippen LogP contribution in [0, 0.1) is 10.8 Å². The first-order valence-corrected chi connectivity index (χ1v) is 9.77. The van der Waals surface area contributed by atoms with Crippen LogP contribution in [-0.2, 0) is 4.74 Å². The number of benzene rings is 1. The molecule has 1 aromatic heterocycles. The Morgan fingerprint density at radius 2 is 2.20 bits per heavy atom. The number of carbonyl (C=O) groups excluding carboxylic acids is 1. The van der Waals surface area contributed by atoms with Gasteiger partial charge in [0.05, 0.1) is 25.1 Å². The Balaban J connectivity index is 1.96. The normalized spacial score (nSPS) is 14.6. The molecule has 8 heteroatoms. The highest BCUT2D eigenvalue weighted by molar-refractivity contribution is 6.06. The van der Waals surface area contributed by atoms with Crippen molar-refractivity contribution in [1.82, 2.24) is 9.88 Å². The summed E-state index contributed by atoms with van der Waals surface area (Å²) in [6, 6.07) is 10.3. The number of hydrogen-bond acceptors (Lipinski definition) is 6. The lowest BCUT2D eigenvalue weighted by molar-refractivity contribution is 0.102. The lowest BCUT2D eigenvalue weighted by Crippen LogP contribution is -2.31. The van der Waals surface area contributed by atoms with Gasteiger partial charge >= 0.3 is 0 Å². The van der Waals surface area contributed by atoms with Crippen LogP contribution in [0.3, 0.4) is 0 Å². The molecule has 0 fully saturated rings. The smallest absolute Gasteiger partial charge is 0.260 e. The second kappa shape index (κ2) is 9.69. The molecule has 0 saturated carbocycles. The standard InChI is InChI=1S/C22H25N5O3/c1-3-29-15(2)16-9-10-17-19(13-16)30-12-5-4-11-27(14-23)21(24)18-7-6-8-20(25-18)26-22(17)28/h6-10,13-14,23-24H,2-5,11-12H2,1H3,(H,25,26,28). The lowest BCUT2D eigenvalue weighted by Gasteiger charge is -2.20. The number of pyridine rings is 1. The lowest BCUT2D eigenvalue weighted by atomic mass is 10.1. The molecule has 0 spiro atoms. The van der Waals surface area contributed by atoms with Crippen molar-refractivity contribution in [3.05, 3.63) is 59.8 Å². The highest BCUT2D eigenvalue weighted by Crippen LogP contribution is 2.26. The van der Waals surface area contributed by atoms with Gasteiger partial charge in [-0.3, -0.25) is 15.6 Å². The van der Waals surface area contributed by atoms with Gasteiger partial charge in [-0.1, -0.05) is 18.7 Å². The van der Waals surface area contributed by atoms with E-state index in [1.165, 1.54) is 4.90 Å². The maximum atomic E-state index is 12.9. The number of nitrogens with one attached hydrogen (secondary N) is 3. The van der Waals surface area contributed by atoms with Crippen LogP contribution in [0.1, 0.15) is 41.4 Å². The van der Waals surface area contributed by atoms with Gasteiger partial charge < -0.3 is 19.7 Å². The summed E-state index contributed by atoms with van der Waals surface area (Å²) < 4.78 is 11.4. The van der Waals surface area contributed by atoms with Gasteiger partial charge in [-0.25, -0.2) is 4.98 Å². The molecule has 2 heterocycles. The predicted molar refractivity (Wildman–Crippen MR) is 116 cm³/mol. The third kappa shape index (κ3) is 4.83. The van der Waals surface area contributed by atoms with Crippen LogP contribution in [0.2, 0.25) is 0 Å². The molecule has 30 heavy (non-hydrogen) atoms. The Morgan fingerprint density at radius 3 is 2.97 bits per heavy atom. The first-order valence-electron chi connectivity index (χ1n) is 9.77. The first-order chi connectivity index (χ1) is 14.5. The second-order valence-electron chi connectivity index (χ2n) is 6.66. The van der Waals surface area contributed by atoms with Crippen molar-refractivity contribution in [3.63, 3.8) is 0 Å². The molecule has 2 bridgehead atoms. The molecule has 1 aliphatic rings. The zero-order chi connectivity index (χ0) is 21.5. The van der Waals surface area contributed by atoms with Gasteiger partial charge in [-0.15, -0.1) is 0 Å². The van der Waals surface area contributed by atoms with E-state index in [0.717, 1.165) is 11.9 Å². The Labute approximate surface area is 175 Å². The zero-order valence-corrected chi connectivity index (χ0v) is 16.9. The average Bonchev–Trinajstić information content (AvgIpc) is 2.75. The molecule has 1 amide bonds. The minimum absolute atomic E-state index is 0.110. The number of amides is 1. The van der Waals surface area contributed by atoms with Crippen molar-refractivity contribution in [2.75, 3.05) is 25.1 Å². The minimum atomic E-state index is -0.365. The summed E-state index contributed by atoms with van der Waals surface area (Å²) in [5.74, 6) is 1.02. The number of fused-ring (bicyclic) bond motifs is 3. The molecule has 8 nitrogen and oxygen atoms in total. The summed E-state index contributed by atoms with van der Waals surface area (Å²) in [6.07, 6.45) is 2.52. The van der Waals surface area contributed by atoms with Gasteiger partial charge in [0.1, 0.15) is 23.0 Å². The maximum Gasteiger partial charge on any atom is 0.260 e. The second-order valence-corrected chi connectivity index (χ2v) is 6.66. The van der Waals surface area contributed by atoms with Crippen LogP contribution in [0.25, 0.3) is 5.76 Å². The van der Waals surface area contributed by atoms with E-state index in [9.17, 15) is 4.79 Å². The van der Waals surface area contributed by atoms with Crippen molar-refractivity contribution in [2.24, 2.45) is 0 Å². The van der Waals surface area contributed by atoms with E-state index >= 15 is 0 Å². The molecule has 0 aliphatic carbocycles. The number of carbonyl (C=O) groups is 1. The number of anilines is 1. The average molecular weight is 407 g/mol. The fourth-order valence-corrected chi connectivity index (χ4v) is 3.03. The SMILES string of the molecule is C=C(OCC)c1ccc2c(c1)OCCCCN(C=N)C(=N)c1cccc(n1)NC2=O. The van der Waals surface area contributed by atoms with Crippen LogP contribution in [0.5, 0.6) is 5.75 Å². The number of hydrogen-bond donors (Lipinski definition) is 3. The van der Waals surface area contributed by atoms with Crippen LogP contribution in [-0.4, -0.2) is 47.7 Å². The summed E-state index contributed by atoms with van der Waals surface area (Å²) in [5, 5.41) is 18.7. The largest absolute Gasteiger partial charge is 0.494 e. The highest BCUT2D eigenvalue weighted by atomic mass is 16.5. The fraction of sp³-hybridized carbons (Fsp3) is 0.273. The predicted octanol–water partition coefficient (Wildman–Crippen LogP) is 3.75. The number of aromatic nitrogens is 1. The van der Waals surface area contributed by atoms with Crippen LogP contribution >= 0.6 is 0 Å². The third-order valence-corrected chi connectivity index (χ3v) is 4.59. The summed E-state index contributed by atoms with van der Waals surface area (Å²) >= 11 is 0. The number of amidine groups is 1. The Kier molecular flexibility index (Phi) is 6.79. The van der Waals surface area contributed by atoms with E-state index in [1.807, 2.05) is 6.92 Å². The van der Waals surface area contributed by atoms with Gasteiger partial charge in [-0.05, 0) is 44.0 Å². The molecule has 156 valence electrons. The molecule has 0 saturated heterocycles. The van der Waals surface area contributed by atoms with E-state index in [2.05, 4.69) is 16.9 Å². The molecular weight excluding hydrogens is 382 g/mol. The molecule has 1 aromatic carbocycles. The number of nitrogens with zero attached hydrogens (tertiary/aromatic N) is 2. The summed E-state index contributed by atoms with van der Waals surface area (Å²) in [4.78, 5) is 18.8. The Morgan fingerprint density at radius 1 is 1.37 bits per heavy atom. The molecular formula is C22H25N5O3. The van der Waals surface area contributed by atoms with E-state index in [0.29, 0.717) is 61.2 Å². The topological polar surface area (TPSA) is 111 Å². The monoisotopic (exact) mass is 407 g/mol. The molecule has 1 aliphatic heterocycles. The van der Waals surface area contributed by atoms with Crippen LogP contribution in [0.4, 0.5) is 5.82 Å². The van der Waals surface area contributed by atoms with Gasteiger partial charge in [-0.2, -0.15) is 0 Å². The van der Waals surface area contributed by atoms with Gasteiger partial charge in [0, 0.05) is 12.1 Å². The summed E-state index contributed by atoms with van der Waals surface area (Å²) in [7, 11) is 0. The van der Waals surface area contributed by atoms with E-state index in [-0.39, 0.29) is 11.7 Å². The van der Waals surface area contributed by atoms with Crippen LogP contribution in [0.15, 0.2) is 43.0 Å². The maximum absolute atomic E-state index is 12.9. The van der Waals surface area contributed by atoms with E-state index < -0.39 is 0 Å². The molecule has 2 aromatic rings. The van der Waals surface area contributed by atoms with Gasteiger partial charge in [0.25, 0.3) is 5.91 Å². The highest BCUT2D eigenvalue weighted by Gasteiger charge is 2.18. The molecule has 0 radical (unpaired) electrons. The van der Waals surface area contributed by atoms with Gasteiger partial charge in [0.15, 0.2) is 5.84 Å². The Hall–Kier alpha value is -3.68. The van der Waals surface area contributed by atoms with Crippen molar-refractivity contribution in [3.8, 4) is 5.75 Å². The van der Waals surface area contributed by atoms with Crippen molar-refractivity contribution < 1.29 is 14.3 Å². The molecule has 3 rings (SSSR count). The summed E-state index contributed by atoms with van der Waals surface area (Å²) in [6.45, 7) is 7.19. The molecule has 0 atom stereocenters. The number of ether oxygens (including phenoxy) is 2. The first kappa shape index (κ1) is 21.0. The van der Waals surface area contributed by atoms with Gasteiger partial charge in [0.2, 0.25) is 0 Å². The van der Waals surface area contributed by atoms with E-state index in [1.54, 1.807) is 36.4 Å². The fourth-order valence-electron chi connectivity index (χ4n) is 3.03. The number of rotatable bonds is 4. The van der Waals surface area contributed by atoms with Crippen molar-refractivity contribution >= 4 is 29.7 Å². The molecule has 0 unspecified atom stereocenters. The Bertz CT molecular complexity index is 973. The van der Waals surface area contributed by atoms with Crippen molar-refractivity contribution in [2.45, 2.75) is 19.8 Å². The van der Waals surface area contributed by atoms with Crippen LogP contribution < -0.4 is 10.1 Å². The molecule has 3 N–H and O–H groups in total. The van der Waals surface area contributed by atoms with E-state index in [4.69, 9.17) is 20.3 Å². The summed E-state index contributed by atoms with van der Waals surface area (Å²) in [5.41, 5.74) is 1.50. The quantitative estimate of drug-likeness (QED) is 0.406. The zero-order valence-electron chi connectivity index (χ0n) is 16.9. The third-order valence-electron chi connectivity index (χ3n) is 4.59. The van der Waals surface area contributed by atoms with Crippen molar-refractivity contribution in [1.29, 1.82) is 10.8 Å². The minimum Gasteiger partial charge on any atom is -0.494 e.